The van der Waals surface area contributed by atoms with E-state index in [4.69, 9.17) is 13.9 Å². The quantitative estimate of drug-likeness (QED) is 0.604. The number of anilines is 2. The fraction of sp³-hybridized carbons (Fsp3) is 0.455. The molecule has 2 fully saturated rings. The number of furan rings is 1. The molecule has 2 aliphatic rings. The summed E-state index contributed by atoms with van der Waals surface area (Å²) in [6.45, 7) is 3.26. The Bertz CT molecular complexity index is 1110. The van der Waals surface area contributed by atoms with Gasteiger partial charge >= 0.3 is 0 Å². The summed E-state index contributed by atoms with van der Waals surface area (Å²) in [5.74, 6) is -0.766. The maximum Gasteiger partial charge on any atom is 0.289 e. The number of likely N-dealkylation sites (N-methyl/N-ethyl adjacent to an activating group) is 1. The van der Waals surface area contributed by atoms with Crippen LogP contribution in [0.5, 0.6) is 0 Å². The first kappa shape index (κ1) is 24.2. The first-order valence-electron chi connectivity index (χ1n) is 11.0. The highest BCUT2D eigenvalue weighted by Crippen LogP contribution is 2.31. The minimum Gasteiger partial charge on any atom is -0.459 e. The highest BCUT2D eigenvalue weighted by molar-refractivity contribution is 7.89. The van der Waals surface area contributed by atoms with Gasteiger partial charge in [-0.3, -0.25) is 9.59 Å². The zero-order valence-electron chi connectivity index (χ0n) is 18.9. The van der Waals surface area contributed by atoms with Gasteiger partial charge in [-0.2, -0.15) is 4.31 Å². The zero-order chi connectivity index (χ0) is 24.1. The van der Waals surface area contributed by atoms with Gasteiger partial charge in [0.05, 0.1) is 55.5 Å². The van der Waals surface area contributed by atoms with Crippen molar-refractivity contribution in [3.63, 3.8) is 0 Å². The second-order valence-electron chi connectivity index (χ2n) is 7.98. The highest BCUT2D eigenvalue weighted by atomic mass is 32.2. The van der Waals surface area contributed by atoms with E-state index >= 15 is 0 Å². The summed E-state index contributed by atoms with van der Waals surface area (Å²) in [7, 11) is -2.26. The van der Waals surface area contributed by atoms with Crippen molar-refractivity contribution in [1.82, 2.24) is 9.21 Å². The summed E-state index contributed by atoms with van der Waals surface area (Å²) in [4.78, 5) is 28.6. The van der Waals surface area contributed by atoms with Crippen molar-refractivity contribution < 1.29 is 31.9 Å². The third kappa shape index (κ3) is 5.41. The fourth-order valence-electron chi connectivity index (χ4n) is 3.86. The van der Waals surface area contributed by atoms with E-state index in [1.807, 2.05) is 4.90 Å². The van der Waals surface area contributed by atoms with Crippen LogP contribution in [0.2, 0.25) is 0 Å². The van der Waals surface area contributed by atoms with Crippen LogP contribution in [0.3, 0.4) is 0 Å². The molecule has 0 spiro atoms. The summed E-state index contributed by atoms with van der Waals surface area (Å²) in [6, 6.07) is 7.84. The average molecular weight is 493 g/mol. The monoisotopic (exact) mass is 492 g/mol. The van der Waals surface area contributed by atoms with Gasteiger partial charge in [-0.25, -0.2) is 8.42 Å². The first-order chi connectivity index (χ1) is 16.4. The Kier molecular flexibility index (Phi) is 7.51. The number of hydrogen-bond acceptors (Lipinski definition) is 8. The van der Waals surface area contributed by atoms with Crippen LogP contribution >= 0.6 is 0 Å². The van der Waals surface area contributed by atoms with Crippen LogP contribution in [0, 0.1) is 0 Å². The molecule has 1 aromatic carbocycles. The zero-order valence-corrected chi connectivity index (χ0v) is 19.8. The molecule has 2 amide bonds. The molecule has 1 N–H and O–H groups in total. The average Bonchev–Trinajstić information content (AvgIpc) is 3.39. The summed E-state index contributed by atoms with van der Waals surface area (Å²) in [5, 5.41) is 2.80. The molecule has 3 heterocycles. The lowest BCUT2D eigenvalue weighted by atomic mass is 10.2. The Morgan fingerprint density at radius 1 is 1.03 bits per heavy atom. The smallest absolute Gasteiger partial charge is 0.289 e. The molecule has 0 radical (unpaired) electrons. The maximum atomic E-state index is 13.2. The Morgan fingerprint density at radius 2 is 1.71 bits per heavy atom. The number of nitrogens with zero attached hydrogens (tertiary/aromatic N) is 3. The van der Waals surface area contributed by atoms with Gasteiger partial charge in [0.15, 0.2) is 5.76 Å². The Hall–Kier alpha value is -2.93. The molecule has 2 saturated heterocycles. The lowest BCUT2D eigenvalue weighted by Crippen LogP contribution is -2.41. The molecule has 12 heteroatoms. The van der Waals surface area contributed by atoms with Crippen LogP contribution < -0.4 is 10.2 Å². The number of amides is 2. The van der Waals surface area contributed by atoms with Crippen molar-refractivity contribution in [3.05, 3.63) is 42.4 Å². The molecule has 0 aliphatic carbocycles. The van der Waals surface area contributed by atoms with Gasteiger partial charge in [0.1, 0.15) is 0 Å². The summed E-state index contributed by atoms with van der Waals surface area (Å²) in [5.41, 5.74) is 1.05. The molecular weight excluding hydrogens is 464 g/mol. The Balaban J connectivity index is 1.57. The van der Waals surface area contributed by atoms with Crippen LogP contribution in [-0.2, 0) is 24.3 Å². The fourth-order valence-corrected chi connectivity index (χ4v) is 5.29. The number of nitrogens with one attached hydrogen (secondary N) is 1. The van der Waals surface area contributed by atoms with Crippen molar-refractivity contribution in [2.45, 2.75) is 4.90 Å². The van der Waals surface area contributed by atoms with Crippen LogP contribution in [0.1, 0.15) is 10.6 Å². The highest BCUT2D eigenvalue weighted by Gasteiger charge is 2.28. The summed E-state index contributed by atoms with van der Waals surface area (Å²) < 4.78 is 43.5. The number of rotatable bonds is 7. The molecule has 4 rings (SSSR count). The normalized spacial score (nSPS) is 17.4. The lowest BCUT2D eigenvalue weighted by molar-refractivity contribution is -0.116. The van der Waals surface area contributed by atoms with E-state index in [9.17, 15) is 18.0 Å². The number of benzene rings is 1. The van der Waals surface area contributed by atoms with Gasteiger partial charge in [0.25, 0.3) is 5.91 Å². The van der Waals surface area contributed by atoms with Gasteiger partial charge in [0.2, 0.25) is 15.9 Å². The van der Waals surface area contributed by atoms with Crippen molar-refractivity contribution in [2.24, 2.45) is 0 Å². The predicted octanol–water partition coefficient (Wildman–Crippen LogP) is 0.848. The van der Waals surface area contributed by atoms with Crippen molar-refractivity contribution in [3.8, 4) is 0 Å². The molecule has 0 atom stereocenters. The van der Waals surface area contributed by atoms with Gasteiger partial charge in [-0.05, 0) is 30.3 Å². The number of hydrogen-bond donors (Lipinski definition) is 1. The van der Waals surface area contributed by atoms with Crippen molar-refractivity contribution >= 4 is 33.2 Å². The van der Waals surface area contributed by atoms with Crippen LogP contribution in [0.15, 0.2) is 45.9 Å². The number of morpholine rings is 2. The predicted molar refractivity (Wildman–Crippen MR) is 123 cm³/mol. The standard InChI is InChI=1S/C22H28N4O7S/c1-24(22(28)20-3-2-10-33-20)16-21(27)23-18-15-17(34(29,30)26-8-13-32-14-9-26)4-5-19(18)25-6-11-31-12-7-25/h2-5,10,15H,6-9,11-14,16H2,1H3,(H,23,27). The maximum absolute atomic E-state index is 13.2. The summed E-state index contributed by atoms with van der Waals surface area (Å²) >= 11 is 0. The number of carbonyl (C=O) groups excluding carboxylic acids is 2. The number of ether oxygens (including phenoxy) is 2. The first-order valence-corrected chi connectivity index (χ1v) is 12.4. The van der Waals surface area contributed by atoms with Gasteiger partial charge in [-0.15, -0.1) is 0 Å². The third-order valence-electron chi connectivity index (χ3n) is 5.66. The van der Waals surface area contributed by atoms with E-state index in [0.717, 1.165) is 0 Å². The largest absolute Gasteiger partial charge is 0.459 e. The minimum atomic E-state index is -3.75. The number of sulfonamides is 1. The second kappa shape index (κ2) is 10.6. The third-order valence-corrected chi connectivity index (χ3v) is 7.56. The van der Waals surface area contributed by atoms with Crippen LogP contribution in [0.4, 0.5) is 11.4 Å². The Morgan fingerprint density at radius 3 is 2.35 bits per heavy atom. The van der Waals surface area contributed by atoms with Gasteiger partial charge in [0, 0.05) is 33.2 Å². The SMILES string of the molecule is CN(CC(=O)Nc1cc(S(=O)(=O)N2CCOCC2)ccc1N1CCOCC1)C(=O)c1ccco1. The van der Waals surface area contributed by atoms with E-state index in [1.54, 1.807) is 18.2 Å². The number of carbonyl (C=O) groups is 2. The molecule has 2 aliphatic heterocycles. The van der Waals surface area contributed by atoms with Gasteiger partial charge < -0.3 is 29.0 Å². The van der Waals surface area contributed by atoms with Crippen molar-refractivity contribution in [2.75, 3.05) is 76.4 Å². The van der Waals surface area contributed by atoms with E-state index in [1.165, 1.54) is 34.6 Å². The molecule has 0 saturated carbocycles. The summed E-state index contributed by atoms with van der Waals surface area (Å²) in [6.07, 6.45) is 1.39. The Labute approximate surface area is 198 Å². The van der Waals surface area contributed by atoms with Crippen LogP contribution in [0.25, 0.3) is 0 Å². The van der Waals surface area contributed by atoms with Gasteiger partial charge in [-0.1, -0.05) is 0 Å². The topological polar surface area (TPSA) is 122 Å². The molecule has 11 nitrogen and oxygen atoms in total. The van der Waals surface area contributed by atoms with E-state index < -0.39 is 21.8 Å². The molecular formula is C22H28N4O7S. The lowest BCUT2D eigenvalue weighted by Gasteiger charge is -2.31. The van der Waals surface area contributed by atoms with E-state index in [0.29, 0.717) is 50.9 Å². The molecule has 34 heavy (non-hydrogen) atoms. The van der Waals surface area contributed by atoms with Crippen molar-refractivity contribution in [1.29, 1.82) is 0 Å². The molecule has 1 aromatic heterocycles. The molecule has 0 unspecified atom stereocenters. The van der Waals surface area contributed by atoms with E-state index in [2.05, 4.69) is 5.32 Å². The molecule has 184 valence electrons. The second-order valence-corrected chi connectivity index (χ2v) is 9.92. The molecule has 0 bridgehead atoms. The molecule has 2 aromatic rings. The minimum absolute atomic E-state index is 0.0849. The van der Waals surface area contributed by atoms with Crippen LogP contribution in [-0.4, -0.2) is 95.6 Å². The van der Waals surface area contributed by atoms with E-state index in [-0.39, 0.29) is 30.3 Å².